The van der Waals surface area contributed by atoms with Gasteiger partial charge in [0.25, 0.3) is 0 Å². The lowest BCUT2D eigenvalue weighted by atomic mass is 9.54. The highest BCUT2D eigenvalue weighted by atomic mass is 16.6. The van der Waals surface area contributed by atoms with Crippen LogP contribution in [0.5, 0.6) is 0 Å². The number of esters is 1. The second kappa shape index (κ2) is 16.7. The molecule has 8 heteroatoms. The summed E-state index contributed by atoms with van der Waals surface area (Å²) >= 11 is 0. The Hall–Kier alpha value is -2.42. The second-order valence-electron chi connectivity index (χ2n) is 17.3. The van der Waals surface area contributed by atoms with Crippen molar-refractivity contribution in [2.75, 3.05) is 13.7 Å². The van der Waals surface area contributed by atoms with Crippen LogP contribution in [0.15, 0.2) is 34.9 Å². The molecule has 0 aromatic carbocycles. The molecule has 1 N–H and O–H groups in total. The van der Waals surface area contributed by atoms with Gasteiger partial charge in [-0.2, -0.15) is 0 Å². The lowest BCUT2D eigenvalue weighted by Gasteiger charge is -2.49. The van der Waals surface area contributed by atoms with Crippen molar-refractivity contribution in [1.82, 2.24) is 0 Å². The first kappa shape index (κ1) is 41.3. The third-order valence-corrected chi connectivity index (χ3v) is 12.8. The molecule has 1 saturated heterocycles. The standard InChI is InChI=1S/C43H66O8/c1-11-50-42(9)20-18-38-41(8,48)19-17-31-30(7)23-34-36(45)22-27(4)13-12-14-29(6)35(44)24-32(26(2)3)37(46)25-43(34,40(47)49-10)33(31)21-28(5)15-16-39(42)51-38/h17,21,23,26-27,29,32-34,38-39,48H,11-16,18-20,22,24-25H2,1-10H3/b28-21+,31-17+/t27-,29+,32-,33-,34+,38+,39-,41-,42+,43-/m0/s1. The molecule has 0 amide bonds. The number of fused-ring (bicyclic) bond motifs is 5. The van der Waals surface area contributed by atoms with E-state index in [0.717, 1.165) is 42.4 Å². The first-order chi connectivity index (χ1) is 23.9. The van der Waals surface area contributed by atoms with Gasteiger partial charge in [0.1, 0.15) is 17.3 Å². The highest BCUT2D eigenvalue weighted by molar-refractivity contribution is 5.98. The molecule has 2 bridgehead atoms. The van der Waals surface area contributed by atoms with Gasteiger partial charge in [-0.25, -0.2) is 0 Å². The molecule has 10 atom stereocenters. The lowest BCUT2D eigenvalue weighted by molar-refractivity contribution is -0.228. The van der Waals surface area contributed by atoms with E-state index in [9.17, 15) is 24.3 Å². The molecule has 0 aromatic rings. The molecular weight excluding hydrogens is 644 g/mol. The maximum absolute atomic E-state index is 14.7. The summed E-state index contributed by atoms with van der Waals surface area (Å²) in [7, 11) is 1.33. The van der Waals surface area contributed by atoms with Gasteiger partial charge in [-0.15, -0.1) is 0 Å². The number of Topliss-reactive ketones (excluding diaryl/α,β-unsaturated/α-hetero) is 3. The van der Waals surface area contributed by atoms with Gasteiger partial charge >= 0.3 is 5.97 Å². The molecule has 2 aliphatic carbocycles. The number of hydrogen-bond acceptors (Lipinski definition) is 8. The molecule has 0 unspecified atom stereocenters. The van der Waals surface area contributed by atoms with Crippen molar-refractivity contribution >= 4 is 23.3 Å². The molecule has 8 nitrogen and oxygen atoms in total. The van der Waals surface area contributed by atoms with Crippen LogP contribution in [0.1, 0.15) is 133 Å². The fourth-order valence-electron chi connectivity index (χ4n) is 9.41. The van der Waals surface area contributed by atoms with Gasteiger partial charge in [-0.1, -0.05) is 69.9 Å². The molecular formula is C43H66O8. The van der Waals surface area contributed by atoms with Crippen molar-refractivity contribution in [2.45, 2.75) is 156 Å². The number of allylic oxidation sites excluding steroid dienone is 5. The Labute approximate surface area is 307 Å². The number of methoxy groups -OCH3 is 1. The molecule has 1 saturated carbocycles. The second-order valence-corrected chi connectivity index (χ2v) is 17.3. The van der Waals surface area contributed by atoms with Crippen molar-refractivity contribution in [3.63, 3.8) is 0 Å². The van der Waals surface area contributed by atoms with E-state index in [4.69, 9.17) is 14.2 Å². The molecule has 2 fully saturated rings. The summed E-state index contributed by atoms with van der Waals surface area (Å²) in [5, 5.41) is 12.0. The zero-order valence-electron chi connectivity index (χ0n) is 33.1. The highest BCUT2D eigenvalue weighted by Gasteiger charge is 2.58. The number of aliphatic hydroxyl groups is 1. The number of ether oxygens (including phenoxy) is 3. The maximum atomic E-state index is 14.7. The molecule has 51 heavy (non-hydrogen) atoms. The maximum Gasteiger partial charge on any atom is 0.314 e. The van der Waals surface area contributed by atoms with Gasteiger partial charge in [0.15, 0.2) is 0 Å². The van der Waals surface area contributed by atoms with Crippen LogP contribution in [-0.4, -0.2) is 65.6 Å². The molecule has 0 radical (unpaired) electrons. The largest absolute Gasteiger partial charge is 0.469 e. The topological polar surface area (TPSA) is 116 Å². The van der Waals surface area contributed by atoms with Crippen LogP contribution < -0.4 is 0 Å². The zero-order valence-corrected chi connectivity index (χ0v) is 33.1. The summed E-state index contributed by atoms with van der Waals surface area (Å²) in [6, 6.07) is 0. The van der Waals surface area contributed by atoms with Crippen LogP contribution in [0.2, 0.25) is 0 Å². The summed E-state index contributed by atoms with van der Waals surface area (Å²) in [6.07, 6.45) is 10.7. The van der Waals surface area contributed by atoms with Gasteiger partial charge in [0.2, 0.25) is 0 Å². The molecule has 2 heterocycles. The molecule has 0 aromatic heterocycles. The van der Waals surface area contributed by atoms with Crippen LogP contribution in [0.4, 0.5) is 0 Å². The van der Waals surface area contributed by atoms with E-state index in [0.29, 0.717) is 25.9 Å². The van der Waals surface area contributed by atoms with E-state index in [1.165, 1.54) is 7.11 Å². The quantitative estimate of drug-likeness (QED) is 0.230. The highest BCUT2D eigenvalue weighted by Crippen LogP contribution is 2.54. The molecule has 0 spiro atoms. The number of carbonyl (C=O) groups excluding carboxylic acids is 4. The van der Waals surface area contributed by atoms with E-state index in [-0.39, 0.29) is 66.9 Å². The van der Waals surface area contributed by atoms with Crippen LogP contribution in [-0.2, 0) is 33.4 Å². The normalized spacial score (nSPS) is 41.3. The van der Waals surface area contributed by atoms with Crippen molar-refractivity contribution in [2.24, 2.45) is 40.9 Å². The summed E-state index contributed by atoms with van der Waals surface area (Å²) in [5.74, 6) is -3.22. The van der Waals surface area contributed by atoms with Crippen LogP contribution in [0, 0.1) is 40.9 Å². The van der Waals surface area contributed by atoms with E-state index in [2.05, 4.69) is 19.9 Å². The van der Waals surface area contributed by atoms with E-state index in [1.54, 1.807) is 6.92 Å². The van der Waals surface area contributed by atoms with E-state index in [1.807, 2.05) is 53.7 Å². The van der Waals surface area contributed by atoms with E-state index < -0.39 is 46.4 Å². The Bertz CT molecular complexity index is 1400. The first-order valence-corrected chi connectivity index (χ1v) is 19.6. The Morgan fingerprint density at radius 3 is 2.31 bits per heavy atom. The number of carbonyl (C=O) groups is 4. The number of hydrogen-bond donors (Lipinski definition) is 1. The monoisotopic (exact) mass is 710 g/mol. The lowest BCUT2D eigenvalue weighted by Crippen LogP contribution is -2.55. The SMILES string of the molecule is CCO[C@]1(C)CC[C@H]2O[C@H]1CC/C(C)=C/[C@H]1/C(=C/C[C@]2(C)O)C(C)=C[C@@H]2C(=O)C[C@@H](C)CCC[C@@H](C)C(=O)C[C@@H](C(C)C)C(=O)C[C@@]21C(=O)OC. The minimum absolute atomic E-state index is 0.0468. The fraction of sp³-hybridized carbons (Fsp3) is 0.767. The van der Waals surface area contributed by atoms with Gasteiger partial charge in [-0.3, -0.25) is 19.2 Å². The van der Waals surface area contributed by atoms with Crippen molar-refractivity contribution < 1.29 is 38.5 Å². The third-order valence-electron chi connectivity index (χ3n) is 12.8. The molecule has 2 aliphatic heterocycles. The van der Waals surface area contributed by atoms with Crippen LogP contribution >= 0.6 is 0 Å². The summed E-state index contributed by atoms with van der Waals surface area (Å²) in [6.45, 7) is 18.3. The summed E-state index contributed by atoms with van der Waals surface area (Å²) in [4.78, 5) is 57.5. The van der Waals surface area contributed by atoms with Gasteiger partial charge in [0, 0.05) is 43.6 Å². The van der Waals surface area contributed by atoms with Crippen molar-refractivity contribution in [3.05, 3.63) is 34.9 Å². The van der Waals surface area contributed by atoms with Gasteiger partial charge in [-0.05, 0) is 90.6 Å². The Morgan fingerprint density at radius 1 is 0.961 bits per heavy atom. The Balaban J connectivity index is 1.96. The smallest absolute Gasteiger partial charge is 0.314 e. The van der Waals surface area contributed by atoms with Crippen molar-refractivity contribution in [1.29, 1.82) is 0 Å². The summed E-state index contributed by atoms with van der Waals surface area (Å²) in [5.41, 5.74) is -0.617. The third kappa shape index (κ3) is 8.87. The minimum atomic E-state index is -1.57. The zero-order chi connectivity index (χ0) is 37.9. The van der Waals surface area contributed by atoms with E-state index >= 15 is 0 Å². The number of ketones is 3. The average molecular weight is 711 g/mol. The average Bonchev–Trinajstić information content (AvgIpc) is 3.05. The Kier molecular flexibility index (Phi) is 13.6. The van der Waals surface area contributed by atoms with Gasteiger partial charge < -0.3 is 19.3 Å². The fourth-order valence-corrected chi connectivity index (χ4v) is 9.41. The van der Waals surface area contributed by atoms with Crippen molar-refractivity contribution in [3.8, 4) is 0 Å². The molecule has 286 valence electrons. The number of rotatable bonds is 4. The molecule has 4 rings (SSSR count). The summed E-state index contributed by atoms with van der Waals surface area (Å²) < 4.78 is 18.6. The van der Waals surface area contributed by atoms with Crippen LogP contribution in [0.25, 0.3) is 0 Å². The predicted molar refractivity (Wildman–Crippen MR) is 199 cm³/mol. The minimum Gasteiger partial charge on any atom is -0.469 e. The molecule has 4 aliphatic rings. The first-order valence-electron chi connectivity index (χ1n) is 19.6. The van der Waals surface area contributed by atoms with Crippen LogP contribution in [0.3, 0.4) is 0 Å². The Morgan fingerprint density at radius 2 is 1.67 bits per heavy atom. The van der Waals surface area contributed by atoms with Gasteiger partial charge in [0.05, 0.1) is 41.9 Å². The predicted octanol–water partition coefficient (Wildman–Crippen LogP) is 8.09.